The first-order chi connectivity index (χ1) is 15.4. The number of hydrogen-bond acceptors (Lipinski definition) is 5. The van der Waals surface area contributed by atoms with E-state index in [1.807, 2.05) is 49.6 Å². The first-order valence-corrected chi connectivity index (χ1v) is 11.7. The number of carbonyl (C=O) groups is 1. The van der Waals surface area contributed by atoms with Gasteiger partial charge in [-0.15, -0.1) is 11.3 Å². The molecule has 32 heavy (non-hydrogen) atoms. The van der Waals surface area contributed by atoms with E-state index >= 15 is 0 Å². The zero-order valence-corrected chi connectivity index (χ0v) is 19.4. The van der Waals surface area contributed by atoms with Gasteiger partial charge in [0, 0.05) is 17.3 Å². The molecular weight excluding hydrogens is 426 g/mol. The van der Waals surface area contributed by atoms with Crippen LogP contribution in [0, 0.1) is 5.92 Å². The highest BCUT2D eigenvalue weighted by molar-refractivity contribution is 7.07. The summed E-state index contributed by atoms with van der Waals surface area (Å²) in [5.41, 5.74) is 3.96. The Balaban J connectivity index is 2.18. The molecule has 7 nitrogen and oxygen atoms in total. The number of thiazole rings is 1. The summed E-state index contributed by atoms with van der Waals surface area (Å²) in [6.45, 7) is 7.08. The lowest BCUT2D eigenvalue weighted by Gasteiger charge is -2.21. The molecular formula is C24H29N3O4S. The van der Waals surface area contributed by atoms with Gasteiger partial charge in [0.25, 0.3) is 5.56 Å². The number of unbranched alkanes of at least 4 members (excludes halogenated alkanes) is 1. The third-order valence-corrected chi connectivity index (χ3v) is 5.55. The van der Waals surface area contributed by atoms with E-state index in [9.17, 15) is 14.7 Å². The minimum Gasteiger partial charge on any atom is -0.491 e. The highest BCUT2D eigenvalue weighted by Gasteiger charge is 2.19. The minimum absolute atomic E-state index is 0.00637. The molecule has 0 unspecified atom stereocenters. The summed E-state index contributed by atoms with van der Waals surface area (Å²) in [7, 11) is 0. The summed E-state index contributed by atoms with van der Waals surface area (Å²) in [5, 5.41) is 14.8. The van der Waals surface area contributed by atoms with Crippen LogP contribution in [0.1, 0.15) is 50.6 Å². The molecule has 2 heterocycles. The number of nitrogens with zero attached hydrogens (tertiary/aromatic N) is 2. The summed E-state index contributed by atoms with van der Waals surface area (Å²) in [5.74, 6) is 0.767. The number of nitrogens with one attached hydrogen (secondary N) is 1. The molecule has 170 valence electrons. The van der Waals surface area contributed by atoms with Crippen molar-refractivity contribution in [3.8, 4) is 5.75 Å². The average Bonchev–Trinajstić information content (AvgIpc) is 3.28. The fourth-order valence-corrected chi connectivity index (χ4v) is 3.97. The molecule has 0 aliphatic heterocycles. The summed E-state index contributed by atoms with van der Waals surface area (Å²) < 4.78 is 7.83. The van der Waals surface area contributed by atoms with Gasteiger partial charge >= 0.3 is 6.09 Å². The van der Waals surface area contributed by atoms with Crippen LogP contribution in [0.4, 0.5) is 4.79 Å². The summed E-state index contributed by atoms with van der Waals surface area (Å²) in [6.07, 6.45) is 4.54. The number of carboxylic acid groups (broad SMARTS) is 1. The van der Waals surface area contributed by atoms with E-state index in [1.54, 1.807) is 10.1 Å². The van der Waals surface area contributed by atoms with Crippen molar-refractivity contribution in [3.05, 3.63) is 56.4 Å². The van der Waals surface area contributed by atoms with E-state index in [-0.39, 0.29) is 18.0 Å². The molecule has 1 aromatic carbocycles. The first kappa shape index (κ1) is 23.5. The number of pyridine rings is 1. The quantitative estimate of drug-likeness (QED) is 0.408. The van der Waals surface area contributed by atoms with Crippen LogP contribution in [0.2, 0.25) is 0 Å². The largest absolute Gasteiger partial charge is 0.491 e. The standard InChI is InChI=1S/C24H29N3O4S/c1-4-5-10-31-22-20-11-17(6-8-18-14-32-15-26-18)7-9-19(20)23(28)27(13-16(2)3)21(22)12-25-24(29)30/h6-9,11,14-16,25H,4-5,10,12-13H2,1-3H3,(H,29,30). The zero-order valence-electron chi connectivity index (χ0n) is 18.6. The average molecular weight is 456 g/mol. The molecule has 0 saturated heterocycles. The maximum Gasteiger partial charge on any atom is 0.404 e. The second-order valence-electron chi connectivity index (χ2n) is 8.00. The predicted molar refractivity (Wildman–Crippen MR) is 129 cm³/mol. The highest BCUT2D eigenvalue weighted by atomic mass is 32.1. The highest BCUT2D eigenvalue weighted by Crippen LogP contribution is 2.30. The van der Waals surface area contributed by atoms with Crippen LogP contribution in [-0.4, -0.2) is 27.4 Å². The topological polar surface area (TPSA) is 93.5 Å². The maximum atomic E-state index is 13.4. The molecule has 0 aliphatic carbocycles. The van der Waals surface area contributed by atoms with Crippen LogP contribution in [0.5, 0.6) is 5.75 Å². The van der Waals surface area contributed by atoms with E-state index in [0.717, 1.165) is 24.1 Å². The predicted octanol–water partition coefficient (Wildman–Crippen LogP) is 5.23. The molecule has 2 N–H and O–H groups in total. The molecule has 3 aromatic rings. The smallest absolute Gasteiger partial charge is 0.404 e. The lowest BCUT2D eigenvalue weighted by Crippen LogP contribution is -2.31. The number of amides is 1. The van der Waals surface area contributed by atoms with Crippen LogP contribution in [0.25, 0.3) is 22.9 Å². The van der Waals surface area contributed by atoms with Crippen LogP contribution in [-0.2, 0) is 13.1 Å². The monoisotopic (exact) mass is 455 g/mol. The Kier molecular flexibility index (Phi) is 8.05. The normalized spacial score (nSPS) is 11.5. The molecule has 0 fully saturated rings. The number of benzene rings is 1. The van der Waals surface area contributed by atoms with E-state index in [2.05, 4.69) is 17.2 Å². The Morgan fingerprint density at radius 1 is 1.31 bits per heavy atom. The van der Waals surface area contributed by atoms with E-state index in [1.165, 1.54) is 11.3 Å². The number of hydrogen-bond donors (Lipinski definition) is 2. The van der Waals surface area contributed by atoms with Crippen molar-refractivity contribution in [2.45, 2.75) is 46.7 Å². The molecule has 0 saturated carbocycles. The maximum absolute atomic E-state index is 13.4. The zero-order chi connectivity index (χ0) is 23.1. The Morgan fingerprint density at radius 3 is 2.78 bits per heavy atom. The molecule has 0 aliphatic rings. The number of rotatable bonds is 10. The van der Waals surface area contributed by atoms with Crippen LogP contribution < -0.4 is 15.6 Å². The second kappa shape index (κ2) is 10.9. The van der Waals surface area contributed by atoms with Crippen molar-refractivity contribution < 1.29 is 14.6 Å². The number of fused-ring (bicyclic) bond motifs is 1. The van der Waals surface area contributed by atoms with Gasteiger partial charge in [-0.05, 0) is 36.1 Å². The molecule has 0 bridgehead atoms. The van der Waals surface area contributed by atoms with Crippen LogP contribution in [0.15, 0.2) is 33.9 Å². The van der Waals surface area contributed by atoms with Crippen molar-refractivity contribution in [1.29, 1.82) is 0 Å². The molecule has 3 rings (SSSR count). The van der Waals surface area contributed by atoms with Crippen LogP contribution >= 0.6 is 11.3 Å². The summed E-state index contributed by atoms with van der Waals surface area (Å²) >= 11 is 1.53. The Labute approximate surface area is 191 Å². The van der Waals surface area contributed by atoms with Crippen molar-refractivity contribution in [2.24, 2.45) is 5.92 Å². The van der Waals surface area contributed by atoms with Gasteiger partial charge in [0.1, 0.15) is 5.75 Å². The SMILES string of the molecule is CCCCOc1c(CNC(=O)O)n(CC(C)C)c(=O)c2ccc(C=Cc3cscn3)cc12. The van der Waals surface area contributed by atoms with Crippen molar-refractivity contribution in [2.75, 3.05) is 6.61 Å². The Morgan fingerprint density at radius 2 is 2.12 bits per heavy atom. The number of aromatic nitrogens is 2. The van der Waals surface area contributed by atoms with Gasteiger partial charge < -0.3 is 19.7 Å². The number of ether oxygens (including phenoxy) is 1. The molecule has 0 radical (unpaired) electrons. The van der Waals surface area contributed by atoms with E-state index in [0.29, 0.717) is 35.4 Å². The van der Waals surface area contributed by atoms with Gasteiger partial charge in [0.05, 0.1) is 35.4 Å². The fraction of sp³-hybridized carbons (Fsp3) is 0.375. The van der Waals surface area contributed by atoms with E-state index in [4.69, 9.17) is 4.74 Å². The molecule has 0 atom stereocenters. The van der Waals surface area contributed by atoms with E-state index < -0.39 is 6.09 Å². The molecule has 1 amide bonds. The van der Waals surface area contributed by atoms with Gasteiger partial charge in [-0.2, -0.15) is 0 Å². The summed E-state index contributed by atoms with van der Waals surface area (Å²) in [6, 6.07) is 5.64. The second-order valence-corrected chi connectivity index (χ2v) is 8.72. The molecule has 0 spiro atoms. The van der Waals surface area contributed by atoms with Crippen molar-refractivity contribution in [3.63, 3.8) is 0 Å². The Bertz CT molecular complexity index is 1150. The first-order valence-electron chi connectivity index (χ1n) is 10.8. The van der Waals surface area contributed by atoms with Gasteiger partial charge in [-0.1, -0.05) is 39.3 Å². The van der Waals surface area contributed by atoms with Gasteiger partial charge in [0.2, 0.25) is 0 Å². The van der Waals surface area contributed by atoms with Crippen LogP contribution in [0.3, 0.4) is 0 Å². The summed E-state index contributed by atoms with van der Waals surface area (Å²) in [4.78, 5) is 28.9. The van der Waals surface area contributed by atoms with Gasteiger partial charge in [-0.25, -0.2) is 9.78 Å². The lowest BCUT2D eigenvalue weighted by molar-refractivity contribution is 0.193. The third-order valence-electron chi connectivity index (χ3n) is 4.95. The third kappa shape index (κ3) is 5.76. The lowest BCUT2D eigenvalue weighted by atomic mass is 10.0. The fourth-order valence-electron chi connectivity index (χ4n) is 3.44. The molecule has 2 aromatic heterocycles. The van der Waals surface area contributed by atoms with Crippen molar-refractivity contribution >= 4 is 40.4 Å². The van der Waals surface area contributed by atoms with Crippen molar-refractivity contribution in [1.82, 2.24) is 14.9 Å². The van der Waals surface area contributed by atoms with Gasteiger partial charge in [0.15, 0.2) is 0 Å². The molecule has 8 heteroatoms. The Hall–Kier alpha value is -3.13. The minimum atomic E-state index is -1.15. The van der Waals surface area contributed by atoms with Gasteiger partial charge in [-0.3, -0.25) is 4.79 Å².